The molecule has 0 unspecified atom stereocenters. The molecule has 45 heavy (non-hydrogen) atoms. The second-order valence-corrected chi connectivity index (χ2v) is 10.9. The number of alkyl halides is 13. The van der Waals surface area contributed by atoms with Crippen molar-refractivity contribution < 1.29 is 78.4 Å². The van der Waals surface area contributed by atoms with Crippen LogP contribution in [0.4, 0.5) is 61.5 Å². The lowest BCUT2D eigenvalue weighted by Crippen LogP contribution is -3.00. The second-order valence-electron chi connectivity index (χ2n) is 10.5. The van der Waals surface area contributed by atoms with Gasteiger partial charge in [-0.1, -0.05) is 56.2 Å². The Labute approximate surface area is 261 Å². The number of imidazole rings is 1. The molecule has 0 N–H and O–H groups in total. The van der Waals surface area contributed by atoms with E-state index in [1.165, 1.54) is 12.1 Å². The normalized spacial score (nSPS) is 13.7. The number of halogens is 16. The summed E-state index contributed by atoms with van der Waals surface area (Å²) in [6, 6.07) is 4.42. The van der Waals surface area contributed by atoms with Gasteiger partial charge in [-0.15, -0.1) is 0 Å². The number of hydrogen-bond acceptors (Lipinski definition) is 0. The van der Waals surface area contributed by atoms with Crippen LogP contribution >= 0.6 is 11.6 Å². The molecule has 0 fully saturated rings. The summed E-state index contributed by atoms with van der Waals surface area (Å²) < 4.78 is 188. The molecule has 0 aliphatic carbocycles. The minimum absolute atomic E-state index is 0. The number of aryl methyl sites for hydroxylation is 1. The fourth-order valence-corrected chi connectivity index (χ4v) is 4.59. The van der Waals surface area contributed by atoms with Gasteiger partial charge in [0.25, 0.3) is 0 Å². The van der Waals surface area contributed by atoms with Crippen molar-refractivity contribution in [3.63, 3.8) is 0 Å². The highest BCUT2D eigenvalue weighted by Crippen LogP contribution is 2.60. The van der Waals surface area contributed by atoms with Gasteiger partial charge in [0.05, 0.1) is 11.6 Å². The van der Waals surface area contributed by atoms with Crippen LogP contribution in [-0.4, -0.2) is 40.4 Å². The van der Waals surface area contributed by atoms with E-state index in [-0.39, 0.29) is 31.8 Å². The molecule has 18 heteroatoms. The van der Waals surface area contributed by atoms with E-state index in [0.29, 0.717) is 30.0 Å². The van der Waals surface area contributed by atoms with Gasteiger partial charge in [0.15, 0.2) is 0 Å². The van der Waals surface area contributed by atoms with Crippen LogP contribution in [0.1, 0.15) is 69.8 Å². The maximum atomic E-state index is 13.9. The predicted octanol–water partition coefficient (Wildman–Crippen LogP) is 7.26. The Morgan fingerprint density at radius 3 is 1.64 bits per heavy atom. The third-order valence-electron chi connectivity index (χ3n) is 7.05. The lowest BCUT2D eigenvalue weighted by Gasteiger charge is -2.39. The Morgan fingerprint density at radius 2 is 1.13 bits per heavy atom. The standard InChI is InChI=1S/C27H30ClF14N2.ClH/c28-20-11-10-12-21(29)19(20)17-44-16-15-43(18-44)14-9-7-5-3-1-2-4-6-8-13-22(30,31)23(32,33)24(34,35)25(36,37)26(38,39)27(40,41)42;/h10-12,15-16,18H,1-9,13-14,17H2;1H/q+1;/p-1. The summed E-state index contributed by atoms with van der Waals surface area (Å²) in [4.78, 5) is 0. The Bertz CT molecular complexity index is 1180. The van der Waals surface area contributed by atoms with Crippen LogP contribution in [0, 0.1) is 5.82 Å². The number of nitrogens with zero attached hydrogens (tertiary/aromatic N) is 2. The van der Waals surface area contributed by atoms with E-state index in [0.717, 1.165) is 25.7 Å². The summed E-state index contributed by atoms with van der Waals surface area (Å²) in [6.45, 7) is 0.928. The summed E-state index contributed by atoms with van der Waals surface area (Å²) in [5, 5.41) is 0.315. The molecular formula is C27H30Cl2F14N2. The minimum Gasteiger partial charge on any atom is -1.00 e. The summed E-state index contributed by atoms with van der Waals surface area (Å²) in [6.07, 6.45) is -0.898. The van der Waals surface area contributed by atoms with Crippen molar-refractivity contribution in [2.45, 2.75) is 113 Å². The van der Waals surface area contributed by atoms with Crippen molar-refractivity contribution in [3.8, 4) is 0 Å². The number of aromatic nitrogens is 2. The van der Waals surface area contributed by atoms with Crippen molar-refractivity contribution in [2.75, 3.05) is 0 Å². The molecule has 0 spiro atoms. The highest BCUT2D eigenvalue weighted by Gasteiger charge is 2.90. The third kappa shape index (κ3) is 9.32. The van der Waals surface area contributed by atoms with Crippen LogP contribution < -0.4 is 17.0 Å². The van der Waals surface area contributed by atoms with Crippen LogP contribution in [0.5, 0.6) is 0 Å². The van der Waals surface area contributed by atoms with Crippen molar-refractivity contribution in [3.05, 3.63) is 53.3 Å². The fraction of sp³-hybridized carbons (Fsp3) is 0.667. The van der Waals surface area contributed by atoms with E-state index in [4.69, 9.17) is 11.6 Å². The third-order valence-corrected chi connectivity index (χ3v) is 7.41. The number of rotatable bonds is 18. The molecule has 260 valence electrons. The molecule has 1 aromatic heterocycles. The first-order valence-electron chi connectivity index (χ1n) is 13.5. The van der Waals surface area contributed by atoms with Crippen LogP contribution in [-0.2, 0) is 13.1 Å². The zero-order chi connectivity index (χ0) is 33.6. The number of hydrogen-bond donors (Lipinski definition) is 0. The zero-order valence-electron chi connectivity index (χ0n) is 23.4. The largest absolute Gasteiger partial charge is 1.00 e. The SMILES string of the molecule is Fc1cccc(Cl)c1C[n+]1ccn(CCCCCCCCCCCC(F)(F)C(F)(F)C(F)(F)C(F)(F)C(F)(F)C(F)(F)F)c1.[Cl-]. The molecule has 0 aliphatic heterocycles. The van der Waals surface area contributed by atoms with Gasteiger partial charge >= 0.3 is 35.8 Å². The lowest BCUT2D eigenvalue weighted by atomic mass is 9.91. The molecule has 2 rings (SSSR count). The van der Waals surface area contributed by atoms with E-state index in [2.05, 4.69) is 0 Å². The lowest BCUT2D eigenvalue weighted by molar-refractivity contribution is -0.688. The molecule has 0 saturated heterocycles. The molecule has 2 aromatic rings. The number of benzene rings is 1. The molecule has 0 radical (unpaired) electrons. The van der Waals surface area contributed by atoms with Gasteiger partial charge in [-0.2, -0.15) is 57.1 Å². The topological polar surface area (TPSA) is 8.81 Å². The molecule has 1 heterocycles. The second kappa shape index (κ2) is 15.7. The molecule has 0 aliphatic rings. The summed E-state index contributed by atoms with van der Waals surface area (Å²) >= 11 is 6.04. The van der Waals surface area contributed by atoms with Crippen molar-refractivity contribution >= 4 is 11.6 Å². The highest BCUT2D eigenvalue weighted by atomic mass is 35.5. The van der Waals surface area contributed by atoms with Crippen molar-refractivity contribution in [1.29, 1.82) is 0 Å². The van der Waals surface area contributed by atoms with Gasteiger partial charge in [0.1, 0.15) is 24.8 Å². The first-order valence-corrected chi connectivity index (χ1v) is 13.9. The quantitative estimate of drug-likeness (QED) is 0.0873. The van der Waals surface area contributed by atoms with E-state index in [1.807, 2.05) is 10.8 Å². The maximum absolute atomic E-state index is 13.9. The Hall–Kier alpha value is -1.97. The van der Waals surface area contributed by atoms with Gasteiger partial charge in [-0.25, -0.2) is 13.5 Å². The van der Waals surface area contributed by atoms with Gasteiger partial charge in [0, 0.05) is 12.0 Å². The first kappa shape index (κ1) is 41.1. The molecule has 1 aromatic carbocycles. The van der Waals surface area contributed by atoms with E-state index in [9.17, 15) is 61.5 Å². The smallest absolute Gasteiger partial charge is 0.460 e. The van der Waals surface area contributed by atoms with Crippen molar-refractivity contribution in [2.24, 2.45) is 0 Å². The average Bonchev–Trinajstić information content (AvgIpc) is 3.35. The number of unbranched alkanes of at least 4 members (excludes halogenated alkanes) is 8. The minimum atomic E-state index is -7.85. The summed E-state index contributed by atoms with van der Waals surface area (Å²) in [5.74, 6) is -36.9. The van der Waals surface area contributed by atoms with Crippen molar-refractivity contribution in [1.82, 2.24) is 4.57 Å². The Kier molecular flexibility index (Phi) is 14.4. The maximum Gasteiger partial charge on any atom is 0.460 e. The van der Waals surface area contributed by atoms with Crippen LogP contribution in [0.15, 0.2) is 36.9 Å². The van der Waals surface area contributed by atoms with Gasteiger partial charge in [0.2, 0.25) is 6.33 Å². The van der Waals surface area contributed by atoms with Crippen LogP contribution in [0.25, 0.3) is 0 Å². The fourth-order valence-electron chi connectivity index (χ4n) is 4.37. The van der Waals surface area contributed by atoms with Crippen LogP contribution in [0.3, 0.4) is 0 Å². The Morgan fingerprint density at radius 1 is 0.644 bits per heavy atom. The monoisotopic (exact) mass is 718 g/mol. The first-order chi connectivity index (χ1) is 20.1. The van der Waals surface area contributed by atoms with Gasteiger partial charge < -0.3 is 12.4 Å². The molecule has 0 saturated carbocycles. The van der Waals surface area contributed by atoms with Crippen LogP contribution in [0.2, 0.25) is 5.02 Å². The van der Waals surface area contributed by atoms with Gasteiger partial charge in [-0.05, 0) is 31.4 Å². The molecule has 0 amide bonds. The molecule has 0 atom stereocenters. The van der Waals surface area contributed by atoms with E-state index >= 15 is 0 Å². The predicted molar refractivity (Wildman–Crippen MR) is 132 cm³/mol. The molecule has 2 nitrogen and oxygen atoms in total. The summed E-state index contributed by atoms with van der Waals surface area (Å²) in [5.41, 5.74) is 0.363. The van der Waals surface area contributed by atoms with E-state index in [1.54, 1.807) is 23.2 Å². The average molecular weight is 719 g/mol. The highest BCUT2D eigenvalue weighted by molar-refractivity contribution is 6.31. The van der Waals surface area contributed by atoms with Gasteiger partial charge in [-0.3, -0.25) is 0 Å². The zero-order valence-corrected chi connectivity index (χ0v) is 24.9. The molecular weight excluding hydrogens is 689 g/mol. The molecule has 0 bridgehead atoms. The Balaban J connectivity index is 0.0000101. The van der Waals surface area contributed by atoms with E-state index < -0.39 is 54.4 Å². The summed E-state index contributed by atoms with van der Waals surface area (Å²) in [7, 11) is 0.